The van der Waals surface area contributed by atoms with Crippen LogP contribution in [0.5, 0.6) is 0 Å². The molecule has 0 aromatic rings. The molecular weight excluding hydrogens is 234 g/mol. The molecule has 0 heterocycles. The van der Waals surface area contributed by atoms with Gasteiger partial charge in [-0.15, -0.1) is 0 Å². The van der Waals surface area contributed by atoms with E-state index in [0.717, 1.165) is 18.4 Å². The molecule has 114 valence electrons. The van der Waals surface area contributed by atoms with Crippen molar-refractivity contribution in [3.05, 3.63) is 0 Å². The number of nitrogens with two attached hydrogens (primary N) is 1. The van der Waals surface area contributed by atoms with Crippen LogP contribution in [0.3, 0.4) is 0 Å². The zero-order valence-corrected chi connectivity index (χ0v) is 13.4. The van der Waals surface area contributed by atoms with Crippen molar-refractivity contribution in [2.75, 3.05) is 45.8 Å². The predicted octanol–water partition coefficient (Wildman–Crippen LogP) is 2.42. The van der Waals surface area contributed by atoms with E-state index < -0.39 is 0 Å². The maximum absolute atomic E-state index is 5.89. The standard InChI is InChI=1S/C16H35N3/c1-4-18(5-2)11-8-12-19(6-3)14-16-10-7-9-15(16)13-17/h15-16H,4-14,17H2,1-3H3. The predicted molar refractivity (Wildman–Crippen MR) is 84.4 cm³/mol. The summed E-state index contributed by atoms with van der Waals surface area (Å²) in [5.41, 5.74) is 5.89. The van der Waals surface area contributed by atoms with Gasteiger partial charge in [0.25, 0.3) is 0 Å². The van der Waals surface area contributed by atoms with Crippen LogP contribution in [0.15, 0.2) is 0 Å². The minimum Gasteiger partial charge on any atom is -0.330 e. The Balaban J connectivity index is 2.25. The molecule has 0 saturated heterocycles. The number of nitrogens with zero attached hydrogens (tertiary/aromatic N) is 2. The Hall–Kier alpha value is -0.120. The first-order valence-electron chi connectivity index (χ1n) is 8.39. The molecule has 3 nitrogen and oxygen atoms in total. The van der Waals surface area contributed by atoms with Gasteiger partial charge in [-0.25, -0.2) is 0 Å². The van der Waals surface area contributed by atoms with Crippen LogP contribution in [-0.4, -0.2) is 55.6 Å². The second-order valence-corrected chi connectivity index (χ2v) is 5.96. The normalized spacial score (nSPS) is 23.7. The van der Waals surface area contributed by atoms with Gasteiger partial charge in [-0.3, -0.25) is 0 Å². The molecule has 1 saturated carbocycles. The third-order valence-corrected chi connectivity index (χ3v) is 4.90. The number of rotatable bonds is 10. The lowest BCUT2D eigenvalue weighted by atomic mass is 9.95. The minimum absolute atomic E-state index is 0.789. The summed E-state index contributed by atoms with van der Waals surface area (Å²) >= 11 is 0. The van der Waals surface area contributed by atoms with Crippen molar-refractivity contribution < 1.29 is 0 Å². The van der Waals surface area contributed by atoms with Gasteiger partial charge in [0, 0.05) is 6.54 Å². The van der Waals surface area contributed by atoms with Crippen molar-refractivity contribution >= 4 is 0 Å². The van der Waals surface area contributed by atoms with Gasteiger partial charge >= 0.3 is 0 Å². The van der Waals surface area contributed by atoms with E-state index in [2.05, 4.69) is 30.6 Å². The summed E-state index contributed by atoms with van der Waals surface area (Å²) in [5.74, 6) is 1.65. The van der Waals surface area contributed by atoms with Crippen molar-refractivity contribution in [2.45, 2.75) is 46.5 Å². The molecule has 1 rings (SSSR count). The van der Waals surface area contributed by atoms with Gasteiger partial charge in [-0.2, -0.15) is 0 Å². The fourth-order valence-electron chi connectivity index (χ4n) is 3.43. The maximum atomic E-state index is 5.89. The second kappa shape index (κ2) is 9.73. The molecule has 1 fully saturated rings. The fraction of sp³-hybridized carbons (Fsp3) is 1.00. The molecule has 3 heteroatoms. The monoisotopic (exact) mass is 269 g/mol. The van der Waals surface area contributed by atoms with E-state index in [0.29, 0.717) is 0 Å². The molecule has 0 spiro atoms. The molecule has 1 aliphatic rings. The zero-order chi connectivity index (χ0) is 14.1. The third-order valence-electron chi connectivity index (χ3n) is 4.90. The van der Waals surface area contributed by atoms with E-state index in [1.807, 2.05) is 0 Å². The highest BCUT2D eigenvalue weighted by Crippen LogP contribution is 2.31. The van der Waals surface area contributed by atoms with E-state index >= 15 is 0 Å². The summed E-state index contributed by atoms with van der Waals surface area (Å²) in [6.45, 7) is 15.0. The van der Waals surface area contributed by atoms with Crippen LogP contribution >= 0.6 is 0 Å². The number of hydrogen-bond donors (Lipinski definition) is 1. The molecule has 1 aliphatic carbocycles. The quantitative estimate of drug-likeness (QED) is 0.661. The van der Waals surface area contributed by atoms with Crippen LogP contribution in [-0.2, 0) is 0 Å². The molecule has 2 unspecified atom stereocenters. The van der Waals surface area contributed by atoms with E-state index in [-0.39, 0.29) is 0 Å². The first-order chi connectivity index (χ1) is 9.24. The SMILES string of the molecule is CCN(CC)CCCN(CC)CC1CCCC1CN. The van der Waals surface area contributed by atoms with E-state index in [1.165, 1.54) is 65.0 Å². The molecule has 0 bridgehead atoms. The van der Waals surface area contributed by atoms with Gasteiger partial charge in [0.15, 0.2) is 0 Å². The lowest BCUT2D eigenvalue weighted by Gasteiger charge is -2.28. The molecule has 0 aromatic carbocycles. The summed E-state index contributed by atoms with van der Waals surface area (Å²) in [6.07, 6.45) is 5.45. The first kappa shape index (κ1) is 16.9. The van der Waals surface area contributed by atoms with Gasteiger partial charge in [0.2, 0.25) is 0 Å². The highest BCUT2D eigenvalue weighted by Gasteiger charge is 2.27. The maximum Gasteiger partial charge on any atom is 0.00127 e. The highest BCUT2D eigenvalue weighted by atomic mass is 15.1. The molecule has 2 N–H and O–H groups in total. The van der Waals surface area contributed by atoms with Crippen molar-refractivity contribution in [2.24, 2.45) is 17.6 Å². The summed E-state index contributed by atoms with van der Waals surface area (Å²) in [7, 11) is 0. The molecule has 0 aliphatic heterocycles. The van der Waals surface area contributed by atoms with Gasteiger partial charge in [0.1, 0.15) is 0 Å². The molecular formula is C16H35N3. The van der Waals surface area contributed by atoms with Crippen LogP contribution in [0.25, 0.3) is 0 Å². The van der Waals surface area contributed by atoms with E-state index in [9.17, 15) is 0 Å². The van der Waals surface area contributed by atoms with Crippen LogP contribution in [0.4, 0.5) is 0 Å². The second-order valence-electron chi connectivity index (χ2n) is 5.96. The zero-order valence-electron chi connectivity index (χ0n) is 13.4. The Labute approximate surface area is 120 Å². The lowest BCUT2D eigenvalue weighted by molar-refractivity contribution is 0.199. The summed E-state index contributed by atoms with van der Waals surface area (Å²) in [6, 6.07) is 0. The molecule has 0 radical (unpaired) electrons. The Morgan fingerprint density at radius 1 is 0.895 bits per heavy atom. The van der Waals surface area contributed by atoms with Gasteiger partial charge < -0.3 is 15.5 Å². The first-order valence-corrected chi connectivity index (χ1v) is 8.39. The topological polar surface area (TPSA) is 32.5 Å². The van der Waals surface area contributed by atoms with Crippen molar-refractivity contribution in [1.82, 2.24) is 9.80 Å². The summed E-state index contributed by atoms with van der Waals surface area (Å²) < 4.78 is 0. The lowest BCUT2D eigenvalue weighted by Crippen LogP contribution is -2.35. The van der Waals surface area contributed by atoms with Crippen molar-refractivity contribution in [3.63, 3.8) is 0 Å². The van der Waals surface area contributed by atoms with Crippen LogP contribution in [0.1, 0.15) is 46.5 Å². The Morgan fingerprint density at radius 2 is 1.47 bits per heavy atom. The smallest absolute Gasteiger partial charge is 0.00127 e. The van der Waals surface area contributed by atoms with E-state index in [1.54, 1.807) is 0 Å². The average Bonchev–Trinajstić information content (AvgIpc) is 2.89. The van der Waals surface area contributed by atoms with Crippen LogP contribution in [0.2, 0.25) is 0 Å². The minimum atomic E-state index is 0.789. The van der Waals surface area contributed by atoms with Crippen LogP contribution < -0.4 is 5.73 Å². The third kappa shape index (κ3) is 5.80. The molecule has 0 amide bonds. The van der Waals surface area contributed by atoms with Crippen LogP contribution in [0, 0.1) is 11.8 Å². The van der Waals surface area contributed by atoms with E-state index in [4.69, 9.17) is 5.73 Å². The Bertz CT molecular complexity index is 216. The Kier molecular flexibility index (Phi) is 8.67. The van der Waals surface area contributed by atoms with Gasteiger partial charge in [-0.1, -0.05) is 27.2 Å². The molecule has 0 aromatic heterocycles. The molecule has 19 heavy (non-hydrogen) atoms. The summed E-state index contributed by atoms with van der Waals surface area (Å²) in [5, 5.41) is 0. The average molecular weight is 269 g/mol. The van der Waals surface area contributed by atoms with Gasteiger partial charge in [-0.05, 0) is 70.4 Å². The largest absolute Gasteiger partial charge is 0.330 e. The van der Waals surface area contributed by atoms with Crippen molar-refractivity contribution in [1.29, 1.82) is 0 Å². The fourth-order valence-corrected chi connectivity index (χ4v) is 3.43. The Morgan fingerprint density at radius 3 is 2.05 bits per heavy atom. The van der Waals surface area contributed by atoms with Gasteiger partial charge in [0.05, 0.1) is 0 Å². The van der Waals surface area contributed by atoms with Crippen molar-refractivity contribution in [3.8, 4) is 0 Å². The highest BCUT2D eigenvalue weighted by molar-refractivity contribution is 4.80. The summed E-state index contributed by atoms with van der Waals surface area (Å²) in [4.78, 5) is 5.16. The number of hydrogen-bond acceptors (Lipinski definition) is 3. The molecule has 2 atom stereocenters.